The quantitative estimate of drug-likeness (QED) is 0.883. The fraction of sp³-hybridized carbons (Fsp3) is 0.500. The van der Waals surface area contributed by atoms with Crippen molar-refractivity contribution in [2.45, 2.75) is 38.8 Å². The first-order valence-electron chi connectivity index (χ1n) is 6.25. The van der Waals surface area contributed by atoms with Crippen molar-refractivity contribution in [1.29, 1.82) is 0 Å². The molecule has 1 aromatic rings. The van der Waals surface area contributed by atoms with Gasteiger partial charge < -0.3 is 11.1 Å². The second-order valence-electron chi connectivity index (χ2n) is 4.90. The molecule has 0 saturated heterocycles. The normalized spacial score (nSPS) is 22.3. The summed E-state index contributed by atoms with van der Waals surface area (Å²) in [6.45, 7) is 2.66. The van der Waals surface area contributed by atoms with E-state index in [1.54, 1.807) is 0 Å². The topological polar surface area (TPSA) is 55.1 Å². The maximum Gasteiger partial charge on any atom is 0.224 e. The number of nitrogens with one attached hydrogen (secondary N) is 1. The molecule has 1 saturated carbocycles. The fourth-order valence-electron chi connectivity index (χ4n) is 2.34. The highest BCUT2D eigenvalue weighted by Gasteiger charge is 2.29. The third kappa shape index (κ3) is 3.72. The summed E-state index contributed by atoms with van der Waals surface area (Å²) in [6.07, 6.45) is 2.98. The summed E-state index contributed by atoms with van der Waals surface area (Å²) < 4.78 is 0. The molecule has 2 rings (SSSR count). The molecule has 1 fully saturated rings. The van der Waals surface area contributed by atoms with Crippen molar-refractivity contribution < 1.29 is 4.79 Å². The number of hydrogen-bond acceptors (Lipinski definition) is 2. The van der Waals surface area contributed by atoms with Gasteiger partial charge >= 0.3 is 0 Å². The van der Waals surface area contributed by atoms with Gasteiger partial charge in [-0.05, 0) is 25.3 Å². The van der Waals surface area contributed by atoms with Gasteiger partial charge in [0.25, 0.3) is 0 Å². The molecule has 18 heavy (non-hydrogen) atoms. The predicted molar refractivity (Wildman–Crippen MR) is 75.6 cm³/mol. The number of benzene rings is 1. The minimum atomic E-state index is 0. The summed E-state index contributed by atoms with van der Waals surface area (Å²) in [4.78, 5) is 11.9. The molecular weight excluding hydrogens is 248 g/mol. The third-order valence-electron chi connectivity index (χ3n) is 3.49. The smallest absolute Gasteiger partial charge is 0.224 e. The Hall–Kier alpha value is -1.06. The number of carbonyl (C=O) groups is 1. The van der Waals surface area contributed by atoms with Crippen molar-refractivity contribution in [3.63, 3.8) is 0 Å². The lowest BCUT2D eigenvalue weighted by Crippen LogP contribution is -2.38. The van der Waals surface area contributed by atoms with E-state index in [1.807, 2.05) is 12.1 Å². The number of aryl methyl sites for hydroxylation is 1. The molecule has 2 atom stereocenters. The van der Waals surface area contributed by atoms with E-state index in [4.69, 9.17) is 5.73 Å². The number of hydrogen-bond donors (Lipinski definition) is 2. The monoisotopic (exact) mass is 268 g/mol. The molecule has 3 N–H and O–H groups in total. The van der Waals surface area contributed by atoms with Crippen LogP contribution >= 0.6 is 12.4 Å². The van der Waals surface area contributed by atoms with Crippen molar-refractivity contribution >= 4 is 18.3 Å². The highest BCUT2D eigenvalue weighted by molar-refractivity contribution is 5.85. The van der Waals surface area contributed by atoms with Gasteiger partial charge in [0.15, 0.2) is 0 Å². The van der Waals surface area contributed by atoms with Gasteiger partial charge in [0.2, 0.25) is 5.91 Å². The second kappa shape index (κ2) is 6.76. The molecule has 1 aliphatic rings. The summed E-state index contributed by atoms with van der Waals surface area (Å²) in [5.41, 5.74) is 8.28. The Morgan fingerprint density at radius 1 is 1.33 bits per heavy atom. The first-order valence-corrected chi connectivity index (χ1v) is 6.25. The molecule has 2 unspecified atom stereocenters. The van der Waals surface area contributed by atoms with Crippen LogP contribution in [0.15, 0.2) is 24.3 Å². The molecule has 0 spiro atoms. The van der Waals surface area contributed by atoms with Crippen molar-refractivity contribution in [2.24, 2.45) is 11.7 Å². The Morgan fingerprint density at radius 2 is 2.00 bits per heavy atom. The lowest BCUT2D eigenvalue weighted by atomic mass is 10.0. The van der Waals surface area contributed by atoms with E-state index in [1.165, 1.54) is 5.56 Å². The van der Waals surface area contributed by atoms with Crippen LogP contribution in [0, 0.1) is 12.8 Å². The SMILES string of the molecule is Cc1ccc(CNC(=O)C2CCCC2N)cc1.Cl. The minimum absolute atomic E-state index is 0. The van der Waals surface area contributed by atoms with E-state index in [-0.39, 0.29) is 30.3 Å². The van der Waals surface area contributed by atoms with Gasteiger partial charge in [0.05, 0.1) is 5.92 Å². The van der Waals surface area contributed by atoms with Gasteiger partial charge in [0.1, 0.15) is 0 Å². The minimum Gasteiger partial charge on any atom is -0.352 e. The molecule has 3 nitrogen and oxygen atoms in total. The molecule has 1 aliphatic carbocycles. The summed E-state index contributed by atoms with van der Waals surface area (Å²) in [6, 6.07) is 8.26. The highest BCUT2D eigenvalue weighted by atomic mass is 35.5. The summed E-state index contributed by atoms with van der Waals surface area (Å²) >= 11 is 0. The maximum atomic E-state index is 11.9. The zero-order chi connectivity index (χ0) is 12.3. The standard InChI is InChI=1S/C14H20N2O.ClH/c1-10-5-7-11(8-6-10)9-16-14(17)12-3-2-4-13(12)15;/h5-8,12-13H,2-4,9,15H2,1H3,(H,16,17);1H. The average Bonchev–Trinajstić information content (AvgIpc) is 2.74. The largest absolute Gasteiger partial charge is 0.352 e. The molecule has 1 aromatic carbocycles. The van der Waals surface area contributed by atoms with Gasteiger partial charge in [-0.25, -0.2) is 0 Å². The van der Waals surface area contributed by atoms with Crippen molar-refractivity contribution in [3.8, 4) is 0 Å². The molecule has 1 amide bonds. The van der Waals surface area contributed by atoms with E-state index < -0.39 is 0 Å². The Balaban J connectivity index is 0.00000162. The van der Waals surface area contributed by atoms with Gasteiger partial charge in [-0.1, -0.05) is 36.2 Å². The van der Waals surface area contributed by atoms with Crippen LogP contribution in [-0.4, -0.2) is 11.9 Å². The maximum absolute atomic E-state index is 11.9. The van der Waals surface area contributed by atoms with Crippen LogP contribution in [0.25, 0.3) is 0 Å². The van der Waals surface area contributed by atoms with Crippen molar-refractivity contribution in [3.05, 3.63) is 35.4 Å². The Bertz CT molecular complexity index is 391. The Morgan fingerprint density at radius 3 is 2.56 bits per heavy atom. The lowest BCUT2D eigenvalue weighted by molar-refractivity contribution is -0.125. The van der Waals surface area contributed by atoms with E-state index in [0.717, 1.165) is 24.8 Å². The van der Waals surface area contributed by atoms with E-state index >= 15 is 0 Å². The average molecular weight is 269 g/mol. The van der Waals surface area contributed by atoms with Gasteiger partial charge in [-0.2, -0.15) is 0 Å². The van der Waals surface area contributed by atoms with Crippen molar-refractivity contribution in [1.82, 2.24) is 5.32 Å². The molecular formula is C14H21ClN2O. The molecule has 0 radical (unpaired) electrons. The zero-order valence-electron chi connectivity index (χ0n) is 10.7. The Kier molecular flexibility index (Phi) is 5.63. The van der Waals surface area contributed by atoms with E-state index in [0.29, 0.717) is 6.54 Å². The molecule has 100 valence electrons. The summed E-state index contributed by atoms with van der Waals surface area (Å²) in [5, 5.41) is 2.97. The van der Waals surface area contributed by atoms with E-state index in [9.17, 15) is 4.79 Å². The summed E-state index contributed by atoms with van der Waals surface area (Å²) in [7, 11) is 0. The second-order valence-corrected chi connectivity index (χ2v) is 4.90. The van der Waals surface area contributed by atoms with Gasteiger partial charge in [-0.3, -0.25) is 4.79 Å². The van der Waals surface area contributed by atoms with Crippen LogP contribution < -0.4 is 11.1 Å². The lowest BCUT2D eigenvalue weighted by Gasteiger charge is -2.15. The van der Waals surface area contributed by atoms with Crippen LogP contribution in [0.5, 0.6) is 0 Å². The van der Waals surface area contributed by atoms with Crippen LogP contribution in [-0.2, 0) is 11.3 Å². The zero-order valence-corrected chi connectivity index (χ0v) is 11.5. The molecule has 0 aromatic heterocycles. The van der Waals surface area contributed by atoms with Crippen molar-refractivity contribution in [2.75, 3.05) is 0 Å². The van der Waals surface area contributed by atoms with Crippen LogP contribution in [0.3, 0.4) is 0 Å². The number of rotatable bonds is 3. The third-order valence-corrected chi connectivity index (χ3v) is 3.49. The van der Waals surface area contributed by atoms with Crippen LogP contribution in [0.4, 0.5) is 0 Å². The first-order chi connectivity index (χ1) is 8.16. The van der Waals surface area contributed by atoms with Gasteiger partial charge in [-0.15, -0.1) is 12.4 Å². The summed E-state index contributed by atoms with van der Waals surface area (Å²) in [5.74, 6) is 0.121. The Labute approximate surface area is 115 Å². The number of carbonyl (C=O) groups excluding carboxylic acids is 1. The van der Waals surface area contributed by atoms with E-state index in [2.05, 4.69) is 24.4 Å². The number of nitrogens with two attached hydrogens (primary N) is 1. The van der Waals surface area contributed by atoms with Crippen LogP contribution in [0.2, 0.25) is 0 Å². The number of amides is 1. The van der Waals surface area contributed by atoms with Crippen LogP contribution in [0.1, 0.15) is 30.4 Å². The molecule has 0 bridgehead atoms. The first kappa shape index (κ1) is 15.0. The molecule has 0 heterocycles. The predicted octanol–water partition coefficient (Wildman–Crippen LogP) is 2.16. The molecule has 4 heteroatoms. The fourth-order valence-corrected chi connectivity index (χ4v) is 2.34. The van der Waals surface area contributed by atoms with Gasteiger partial charge in [0, 0.05) is 12.6 Å². The highest BCUT2D eigenvalue weighted by Crippen LogP contribution is 2.23. The molecule has 0 aliphatic heterocycles. The number of halogens is 1.